The first-order valence-corrected chi connectivity index (χ1v) is 7.24. The Bertz CT molecular complexity index is 646. The van der Waals surface area contributed by atoms with Crippen LogP contribution in [0.5, 0.6) is 0 Å². The molecule has 0 bridgehead atoms. The van der Waals surface area contributed by atoms with Gasteiger partial charge in [0.15, 0.2) is 5.76 Å². The number of methoxy groups -OCH3 is 1. The molecule has 1 fully saturated rings. The first-order valence-electron chi connectivity index (χ1n) is 7.24. The molecule has 1 aliphatic rings. The number of amides is 1. The summed E-state index contributed by atoms with van der Waals surface area (Å²) in [6, 6.07) is 7.61. The molecule has 112 valence electrons. The molecule has 0 spiro atoms. The van der Waals surface area contributed by atoms with Gasteiger partial charge in [-0.3, -0.25) is 4.79 Å². The van der Waals surface area contributed by atoms with Crippen molar-refractivity contribution < 1.29 is 13.9 Å². The Hall–Kier alpha value is -1.85. The second-order valence-electron chi connectivity index (χ2n) is 5.55. The molecule has 5 heteroatoms. The Kier molecular flexibility index (Phi) is 3.94. The number of nitrogens with two attached hydrogens (primary N) is 1. The standard InChI is InChI=1S/C16H20N2O3/c1-20-9-12-11-4-2-3-5-14(11)21-15(12)16(19)18-8-13(17)10-6-7-10/h2-5,10,13H,6-9,17H2,1H3,(H,18,19). The van der Waals surface area contributed by atoms with Crippen molar-refractivity contribution in [1.82, 2.24) is 5.32 Å². The van der Waals surface area contributed by atoms with Gasteiger partial charge in [0, 0.05) is 30.6 Å². The van der Waals surface area contributed by atoms with Crippen LogP contribution in [-0.2, 0) is 11.3 Å². The minimum atomic E-state index is -0.227. The van der Waals surface area contributed by atoms with Crippen molar-refractivity contribution >= 4 is 16.9 Å². The Labute approximate surface area is 123 Å². The lowest BCUT2D eigenvalue weighted by Gasteiger charge is -2.11. The van der Waals surface area contributed by atoms with Gasteiger partial charge in [0.25, 0.3) is 5.91 Å². The molecule has 5 nitrogen and oxygen atoms in total. The maximum Gasteiger partial charge on any atom is 0.287 e. The van der Waals surface area contributed by atoms with E-state index >= 15 is 0 Å². The van der Waals surface area contributed by atoms with E-state index in [0.717, 1.165) is 23.8 Å². The Morgan fingerprint density at radius 3 is 2.95 bits per heavy atom. The number of carbonyl (C=O) groups excluding carboxylic acids is 1. The van der Waals surface area contributed by atoms with Gasteiger partial charge < -0.3 is 20.2 Å². The van der Waals surface area contributed by atoms with Gasteiger partial charge >= 0.3 is 0 Å². The molecule has 1 aromatic heterocycles. The second-order valence-corrected chi connectivity index (χ2v) is 5.55. The molecular weight excluding hydrogens is 268 g/mol. The zero-order valence-electron chi connectivity index (χ0n) is 12.1. The number of hydrogen-bond acceptors (Lipinski definition) is 4. The van der Waals surface area contributed by atoms with Crippen molar-refractivity contribution in [2.75, 3.05) is 13.7 Å². The van der Waals surface area contributed by atoms with Crippen LogP contribution in [0.4, 0.5) is 0 Å². The summed E-state index contributed by atoms with van der Waals surface area (Å²) >= 11 is 0. The average molecular weight is 288 g/mol. The normalized spacial score (nSPS) is 16.1. The van der Waals surface area contributed by atoms with Crippen LogP contribution in [0.15, 0.2) is 28.7 Å². The fourth-order valence-electron chi connectivity index (χ4n) is 2.55. The van der Waals surface area contributed by atoms with Crippen molar-refractivity contribution in [1.29, 1.82) is 0 Å². The lowest BCUT2D eigenvalue weighted by molar-refractivity contribution is 0.0918. The quantitative estimate of drug-likeness (QED) is 0.852. The molecular formula is C16H20N2O3. The fourth-order valence-corrected chi connectivity index (χ4v) is 2.55. The first-order chi connectivity index (χ1) is 10.2. The zero-order valence-corrected chi connectivity index (χ0v) is 12.1. The van der Waals surface area contributed by atoms with E-state index in [1.165, 1.54) is 0 Å². The van der Waals surface area contributed by atoms with Crippen molar-refractivity contribution in [2.24, 2.45) is 11.7 Å². The molecule has 3 N–H and O–H groups in total. The van der Waals surface area contributed by atoms with Crippen LogP contribution in [0.25, 0.3) is 11.0 Å². The predicted octanol–water partition coefficient (Wildman–Crippen LogP) is 2.05. The lowest BCUT2D eigenvalue weighted by atomic mass is 10.1. The molecule has 0 aliphatic heterocycles. The van der Waals surface area contributed by atoms with Crippen LogP contribution in [0, 0.1) is 5.92 Å². The number of benzene rings is 1. The fraction of sp³-hybridized carbons (Fsp3) is 0.438. The molecule has 3 rings (SSSR count). The third-order valence-corrected chi connectivity index (χ3v) is 3.92. The van der Waals surface area contributed by atoms with Crippen molar-refractivity contribution in [3.05, 3.63) is 35.6 Å². The van der Waals surface area contributed by atoms with Crippen LogP contribution in [-0.4, -0.2) is 25.6 Å². The van der Waals surface area contributed by atoms with E-state index < -0.39 is 0 Å². The van der Waals surface area contributed by atoms with Crippen LogP contribution in [0.1, 0.15) is 29.0 Å². The molecule has 1 aromatic carbocycles. The molecule has 0 saturated heterocycles. The van der Waals surface area contributed by atoms with Gasteiger partial charge in [-0.1, -0.05) is 18.2 Å². The smallest absolute Gasteiger partial charge is 0.287 e. The summed E-state index contributed by atoms with van der Waals surface area (Å²) in [6.07, 6.45) is 2.33. The minimum Gasteiger partial charge on any atom is -0.451 e. The lowest BCUT2D eigenvalue weighted by Crippen LogP contribution is -2.38. The summed E-state index contributed by atoms with van der Waals surface area (Å²) in [4.78, 5) is 12.3. The molecule has 1 atom stereocenters. The second kappa shape index (κ2) is 5.87. The van der Waals surface area contributed by atoms with Gasteiger partial charge in [-0.05, 0) is 24.8 Å². The van der Waals surface area contributed by atoms with Gasteiger partial charge in [0.05, 0.1) is 6.61 Å². The number of carbonyl (C=O) groups is 1. The van der Waals surface area contributed by atoms with Gasteiger partial charge in [-0.25, -0.2) is 0 Å². The van der Waals surface area contributed by atoms with Gasteiger partial charge in [0.1, 0.15) is 5.58 Å². The summed E-state index contributed by atoms with van der Waals surface area (Å²) in [5.74, 6) is 0.648. The van der Waals surface area contributed by atoms with E-state index in [1.807, 2.05) is 24.3 Å². The maximum absolute atomic E-state index is 12.3. The third kappa shape index (κ3) is 2.94. The van der Waals surface area contributed by atoms with E-state index in [2.05, 4.69) is 5.32 Å². The zero-order chi connectivity index (χ0) is 14.8. The molecule has 1 saturated carbocycles. The summed E-state index contributed by atoms with van der Waals surface area (Å²) in [7, 11) is 1.60. The average Bonchev–Trinajstić information content (AvgIpc) is 3.28. The van der Waals surface area contributed by atoms with E-state index in [-0.39, 0.29) is 11.9 Å². The van der Waals surface area contributed by atoms with Crippen molar-refractivity contribution in [2.45, 2.75) is 25.5 Å². The third-order valence-electron chi connectivity index (χ3n) is 3.92. The molecule has 1 aliphatic carbocycles. The topological polar surface area (TPSA) is 77.5 Å². The number of rotatable bonds is 6. The molecule has 21 heavy (non-hydrogen) atoms. The number of hydrogen-bond donors (Lipinski definition) is 2. The van der Waals surface area contributed by atoms with Crippen LogP contribution in [0.2, 0.25) is 0 Å². The highest BCUT2D eigenvalue weighted by atomic mass is 16.5. The number of nitrogens with one attached hydrogen (secondary N) is 1. The SMILES string of the molecule is COCc1c(C(=O)NCC(N)C2CC2)oc2ccccc12. The Morgan fingerprint density at radius 1 is 1.48 bits per heavy atom. The monoisotopic (exact) mass is 288 g/mol. The van der Waals surface area contributed by atoms with E-state index in [1.54, 1.807) is 7.11 Å². The number of para-hydroxylation sites is 1. The van der Waals surface area contributed by atoms with Crippen molar-refractivity contribution in [3.63, 3.8) is 0 Å². The highest BCUT2D eigenvalue weighted by Gasteiger charge is 2.29. The van der Waals surface area contributed by atoms with Crippen molar-refractivity contribution in [3.8, 4) is 0 Å². The maximum atomic E-state index is 12.3. The number of fused-ring (bicyclic) bond motifs is 1. The van der Waals surface area contributed by atoms with E-state index in [9.17, 15) is 4.79 Å². The van der Waals surface area contributed by atoms with Gasteiger partial charge in [-0.2, -0.15) is 0 Å². The first kappa shape index (κ1) is 14.1. The summed E-state index contributed by atoms with van der Waals surface area (Å²) in [5, 5.41) is 3.78. The Morgan fingerprint density at radius 2 is 2.24 bits per heavy atom. The Balaban J connectivity index is 1.80. The summed E-state index contributed by atoms with van der Waals surface area (Å²) < 4.78 is 10.9. The summed E-state index contributed by atoms with van der Waals surface area (Å²) in [6.45, 7) is 0.821. The number of ether oxygens (including phenoxy) is 1. The van der Waals surface area contributed by atoms with Crippen LogP contribution in [0.3, 0.4) is 0 Å². The predicted molar refractivity (Wildman–Crippen MR) is 80.0 cm³/mol. The van der Waals surface area contributed by atoms with E-state index in [0.29, 0.717) is 30.4 Å². The molecule has 1 unspecified atom stereocenters. The molecule has 1 heterocycles. The van der Waals surface area contributed by atoms with Gasteiger partial charge in [0.2, 0.25) is 0 Å². The largest absolute Gasteiger partial charge is 0.451 e. The summed E-state index contributed by atoms with van der Waals surface area (Å²) in [5.41, 5.74) is 7.49. The molecule has 1 amide bonds. The van der Waals surface area contributed by atoms with Crippen LogP contribution >= 0.6 is 0 Å². The van der Waals surface area contributed by atoms with E-state index in [4.69, 9.17) is 14.9 Å². The number of furan rings is 1. The molecule has 2 aromatic rings. The highest BCUT2D eigenvalue weighted by molar-refractivity contribution is 5.99. The highest BCUT2D eigenvalue weighted by Crippen LogP contribution is 2.31. The van der Waals surface area contributed by atoms with Crippen LogP contribution < -0.4 is 11.1 Å². The minimum absolute atomic E-state index is 0.0317. The van der Waals surface area contributed by atoms with Gasteiger partial charge in [-0.15, -0.1) is 0 Å². The molecule has 0 radical (unpaired) electrons.